The zero-order valence-electron chi connectivity index (χ0n) is 12.3. The number of anilines is 2. The third-order valence-electron chi connectivity index (χ3n) is 2.86. The van der Waals surface area contributed by atoms with E-state index in [9.17, 15) is 4.39 Å². The molecular formula is C15H20FN5. The molecule has 1 aromatic carbocycles. The lowest BCUT2D eigenvalue weighted by Crippen LogP contribution is -2.13. The van der Waals surface area contributed by atoms with Crippen LogP contribution in [-0.2, 0) is 6.42 Å². The van der Waals surface area contributed by atoms with Gasteiger partial charge >= 0.3 is 0 Å². The van der Waals surface area contributed by atoms with E-state index >= 15 is 0 Å². The van der Waals surface area contributed by atoms with E-state index in [1.165, 1.54) is 12.1 Å². The SMILES string of the molecule is CC(C)CNc1nncc(NCCc2ccc(F)cc2)n1. The lowest BCUT2D eigenvalue weighted by atomic mass is 10.1. The molecule has 21 heavy (non-hydrogen) atoms. The number of benzene rings is 1. The molecule has 0 aliphatic carbocycles. The lowest BCUT2D eigenvalue weighted by molar-refractivity contribution is 0.627. The van der Waals surface area contributed by atoms with Gasteiger partial charge < -0.3 is 10.6 Å². The Morgan fingerprint density at radius 2 is 1.90 bits per heavy atom. The highest BCUT2D eigenvalue weighted by Crippen LogP contribution is 2.06. The standard InChI is InChI=1S/C15H20FN5/c1-11(2)9-18-15-20-14(10-19-21-15)17-8-7-12-3-5-13(16)6-4-12/h3-6,10-11H,7-9H2,1-2H3,(H2,17,18,20,21). The molecule has 0 amide bonds. The minimum atomic E-state index is -0.215. The van der Waals surface area contributed by atoms with Gasteiger partial charge in [-0.1, -0.05) is 26.0 Å². The van der Waals surface area contributed by atoms with Crippen LogP contribution in [0.3, 0.4) is 0 Å². The van der Waals surface area contributed by atoms with Gasteiger partial charge in [0.05, 0.1) is 6.20 Å². The first-order chi connectivity index (χ1) is 10.1. The van der Waals surface area contributed by atoms with E-state index in [0.717, 1.165) is 18.5 Å². The Balaban J connectivity index is 1.82. The van der Waals surface area contributed by atoms with Gasteiger partial charge in [-0.25, -0.2) is 4.39 Å². The highest BCUT2D eigenvalue weighted by Gasteiger charge is 2.01. The van der Waals surface area contributed by atoms with Crippen molar-refractivity contribution < 1.29 is 4.39 Å². The molecule has 0 aliphatic rings. The zero-order valence-corrected chi connectivity index (χ0v) is 12.3. The number of hydrogen-bond donors (Lipinski definition) is 2. The second-order valence-corrected chi connectivity index (χ2v) is 5.24. The molecule has 112 valence electrons. The molecule has 1 heterocycles. The summed E-state index contributed by atoms with van der Waals surface area (Å²) in [7, 11) is 0. The van der Waals surface area contributed by atoms with Gasteiger partial charge in [0.1, 0.15) is 5.82 Å². The van der Waals surface area contributed by atoms with E-state index < -0.39 is 0 Å². The molecule has 0 radical (unpaired) electrons. The van der Waals surface area contributed by atoms with Gasteiger partial charge in [-0.2, -0.15) is 10.1 Å². The molecule has 0 saturated heterocycles. The summed E-state index contributed by atoms with van der Waals surface area (Å²) in [6.07, 6.45) is 2.38. The molecule has 1 aromatic heterocycles. The summed E-state index contributed by atoms with van der Waals surface area (Å²) in [5.74, 6) is 1.50. The third-order valence-corrected chi connectivity index (χ3v) is 2.86. The molecule has 0 fully saturated rings. The summed E-state index contributed by atoms with van der Waals surface area (Å²) < 4.78 is 12.8. The molecule has 0 spiro atoms. The summed E-state index contributed by atoms with van der Waals surface area (Å²) in [6.45, 7) is 5.74. The van der Waals surface area contributed by atoms with Crippen LogP contribution in [0.2, 0.25) is 0 Å². The van der Waals surface area contributed by atoms with Crippen LogP contribution in [0.25, 0.3) is 0 Å². The average molecular weight is 289 g/mol. The van der Waals surface area contributed by atoms with Crippen LogP contribution < -0.4 is 10.6 Å². The Kier molecular flexibility index (Phi) is 5.43. The van der Waals surface area contributed by atoms with Gasteiger partial charge in [-0.3, -0.25) is 0 Å². The predicted octanol–water partition coefficient (Wildman–Crippen LogP) is 2.73. The molecule has 0 bridgehead atoms. The van der Waals surface area contributed by atoms with Crippen LogP contribution in [0, 0.1) is 11.7 Å². The van der Waals surface area contributed by atoms with E-state index in [4.69, 9.17) is 0 Å². The molecule has 0 unspecified atom stereocenters. The summed E-state index contributed by atoms with van der Waals surface area (Å²) >= 11 is 0. The molecule has 6 heteroatoms. The Morgan fingerprint density at radius 3 is 2.62 bits per heavy atom. The van der Waals surface area contributed by atoms with E-state index in [-0.39, 0.29) is 5.82 Å². The largest absolute Gasteiger partial charge is 0.368 e. The monoisotopic (exact) mass is 289 g/mol. The maximum absolute atomic E-state index is 12.8. The van der Waals surface area contributed by atoms with Gasteiger partial charge in [0.2, 0.25) is 5.95 Å². The molecule has 2 N–H and O–H groups in total. The van der Waals surface area contributed by atoms with Crippen molar-refractivity contribution in [1.29, 1.82) is 0 Å². The molecule has 2 rings (SSSR count). The fraction of sp³-hybridized carbons (Fsp3) is 0.400. The quantitative estimate of drug-likeness (QED) is 0.820. The molecule has 5 nitrogen and oxygen atoms in total. The smallest absolute Gasteiger partial charge is 0.244 e. The van der Waals surface area contributed by atoms with Gasteiger partial charge in [0, 0.05) is 13.1 Å². The normalized spacial score (nSPS) is 10.7. The first-order valence-corrected chi connectivity index (χ1v) is 7.05. The average Bonchev–Trinajstić information content (AvgIpc) is 2.48. The number of rotatable bonds is 7. The van der Waals surface area contributed by atoms with Gasteiger partial charge in [-0.05, 0) is 30.0 Å². The maximum atomic E-state index is 12.8. The van der Waals surface area contributed by atoms with Crippen molar-refractivity contribution in [3.05, 3.63) is 41.8 Å². The first kappa shape index (κ1) is 15.2. The van der Waals surface area contributed by atoms with Crippen molar-refractivity contribution in [2.24, 2.45) is 5.92 Å². The van der Waals surface area contributed by atoms with E-state index in [1.54, 1.807) is 18.3 Å². The van der Waals surface area contributed by atoms with Crippen molar-refractivity contribution in [3.63, 3.8) is 0 Å². The van der Waals surface area contributed by atoms with Crippen molar-refractivity contribution in [3.8, 4) is 0 Å². The first-order valence-electron chi connectivity index (χ1n) is 7.05. The summed E-state index contributed by atoms with van der Waals surface area (Å²) in [6, 6.07) is 6.50. The maximum Gasteiger partial charge on any atom is 0.244 e. The highest BCUT2D eigenvalue weighted by atomic mass is 19.1. The Hall–Kier alpha value is -2.24. The van der Waals surface area contributed by atoms with E-state index in [1.807, 2.05) is 0 Å². The van der Waals surface area contributed by atoms with Crippen LogP contribution in [0.4, 0.5) is 16.2 Å². The van der Waals surface area contributed by atoms with Crippen molar-refractivity contribution in [2.45, 2.75) is 20.3 Å². The fourth-order valence-electron chi connectivity index (χ4n) is 1.75. The van der Waals surface area contributed by atoms with E-state index in [2.05, 4.69) is 39.7 Å². The van der Waals surface area contributed by atoms with Crippen molar-refractivity contribution in [2.75, 3.05) is 23.7 Å². The molecule has 0 atom stereocenters. The topological polar surface area (TPSA) is 62.7 Å². The van der Waals surface area contributed by atoms with Gasteiger partial charge in [0.15, 0.2) is 5.82 Å². The number of nitrogens with zero attached hydrogens (tertiary/aromatic N) is 3. The Labute approximate surface area is 124 Å². The fourth-order valence-corrected chi connectivity index (χ4v) is 1.75. The Bertz CT molecular complexity index is 556. The summed E-state index contributed by atoms with van der Waals surface area (Å²) in [5.41, 5.74) is 1.07. The van der Waals surface area contributed by atoms with Crippen LogP contribution >= 0.6 is 0 Å². The second kappa shape index (κ2) is 7.52. The number of halogens is 1. The molecule has 0 aliphatic heterocycles. The molecule has 2 aromatic rings. The predicted molar refractivity (Wildman–Crippen MR) is 81.7 cm³/mol. The zero-order chi connectivity index (χ0) is 15.1. The van der Waals surface area contributed by atoms with Crippen molar-refractivity contribution >= 4 is 11.8 Å². The minimum absolute atomic E-state index is 0.215. The minimum Gasteiger partial charge on any atom is -0.368 e. The highest BCUT2D eigenvalue weighted by molar-refractivity contribution is 5.37. The number of hydrogen-bond acceptors (Lipinski definition) is 5. The molecular weight excluding hydrogens is 269 g/mol. The van der Waals surface area contributed by atoms with Crippen LogP contribution in [0.15, 0.2) is 30.5 Å². The molecule has 0 saturated carbocycles. The van der Waals surface area contributed by atoms with Crippen LogP contribution in [0.1, 0.15) is 19.4 Å². The van der Waals surface area contributed by atoms with Crippen LogP contribution in [0.5, 0.6) is 0 Å². The summed E-state index contributed by atoms with van der Waals surface area (Å²) in [4.78, 5) is 4.33. The van der Waals surface area contributed by atoms with E-state index in [0.29, 0.717) is 24.2 Å². The van der Waals surface area contributed by atoms with Gasteiger partial charge in [-0.15, -0.1) is 5.10 Å². The summed E-state index contributed by atoms with van der Waals surface area (Å²) in [5, 5.41) is 14.2. The second-order valence-electron chi connectivity index (χ2n) is 5.24. The Morgan fingerprint density at radius 1 is 1.14 bits per heavy atom. The van der Waals surface area contributed by atoms with Gasteiger partial charge in [0.25, 0.3) is 0 Å². The lowest BCUT2D eigenvalue weighted by Gasteiger charge is -2.09. The van der Waals surface area contributed by atoms with Crippen LogP contribution in [-0.4, -0.2) is 28.3 Å². The number of aromatic nitrogens is 3. The number of nitrogens with one attached hydrogen (secondary N) is 2. The van der Waals surface area contributed by atoms with Crippen molar-refractivity contribution in [1.82, 2.24) is 15.2 Å². The third kappa shape index (κ3) is 5.33.